The summed E-state index contributed by atoms with van der Waals surface area (Å²) in [6.45, 7) is 2.33. The number of para-hydroxylation sites is 1. The number of nitrogens with zero attached hydrogens (tertiary/aromatic N) is 2. The molecule has 2 atom stereocenters. The minimum atomic E-state index is -0.0231. The van der Waals surface area contributed by atoms with Gasteiger partial charge >= 0.3 is 0 Å². The summed E-state index contributed by atoms with van der Waals surface area (Å²) < 4.78 is 6.18. The van der Waals surface area contributed by atoms with Gasteiger partial charge in [-0.2, -0.15) is 0 Å². The average Bonchev–Trinajstić information content (AvgIpc) is 2.94. The van der Waals surface area contributed by atoms with Crippen LogP contribution in [0.1, 0.15) is 15.9 Å². The molecule has 0 saturated carbocycles. The van der Waals surface area contributed by atoms with Crippen LogP contribution in [-0.2, 0) is 6.54 Å². The zero-order chi connectivity index (χ0) is 16.7. The molecule has 4 rings (SSSR count). The highest BCUT2D eigenvalue weighted by atomic mass is 35.5. The van der Waals surface area contributed by atoms with Gasteiger partial charge in [-0.15, -0.1) is 0 Å². The Morgan fingerprint density at radius 3 is 2.71 bits per heavy atom. The van der Waals surface area contributed by atoms with Crippen LogP contribution in [0.15, 0.2) is 48.5 Å². The van der Waals surface area contributed by atoms with E-state index in [1.54, 1.807) is 0 Å². The van der Waals surface area contributed by atoms with E-state index < -0.39 is 0 Å². The number of ether oxygens (including phenoxy) is 1. The van der Waals surface area contributed by atoms with Gasteiger partial charge < -0.3 is 9.64 Å². The Morgan fingerprint density at radius 1 is 1.12 bits per heavy atom. The quantitative estimate of drug-likeness (QED) is 0.841. The Hall–Kier alpha value is -2.04. The normalized spacial score (nSPS) is 23.4. The zero-order valence-electron chi connectivity index (χ0n) is 13.5. The standard InChI is InChI=1S/C19H19ClN2O2/c1-21-16-11-22(10-13-6-2-4-8-15(13)20)12-18(16)24-17-9-5-3-7-14(17)19(21)23/h2-9,16,18H,10-12H2,1H3. The summed E-state index contributed by atoms with van der Waals surface area (Å²) in [5.41, 5.74) is 1.75. The SMILES string of the molecule is CN1C(=O)c2ccccc2OC2CN(Cc3ccccc3Cl)CC21. The molecule has 0 aliphatic carbocycles. The Balaban J connectivity index is 1.57. The number of carbonyl (C=O) groups excluding carboxylic acids is 1. The summed E-state index contributed by atoms with van der Waals surface area (Å²) in [6.07, 6.45) is -0.0231. The molecular formula is C19H19ClN2O2. The summed E-state index contributed by atoms with van der Waals surface area (Å²) in [5.74, 6) is 0.708. The van der Waals surface area contributed by atoms with Gasteiger partial charge in [0, 0.05) is 31.7 Å². The highest BCUT2D eigenvalue weighted by molar-refractivity contribution is 6.31. The van der Waals surface area contributed by atoms with Gasteiger partial charge in [-0.1, -0.05) is 41.9 Å². The maximum atomic E-state index is 12.7. The van der Waals surface area contributed by atoms with Crippen molar-refractivity contribution in [3.05, 3.63) is 64.7 Å². The second-order valence-electron chi connectivity index (χ2n) is 6.42. The van der Waals surface area contributed by atoms with Gasteiger partial charge in [0.1, 0.15) is 11.9 Å². The van der Waals surface area contributed by atoms with Crippen LogP contribution in [0, 0.1) is 0 Å². The number of hydrogen-bond donors (Lipinski definition) is 0. The third-order valence-corrected chi connectivity index (χ3v) is 5.25. The second kappa shape index (κ2) is 6.11. The zero-order valence-corrected chi connectivity index (χ0v) is 14.2. The van der Waals surface area contributed by atoms with E-state index in [0.29, 0.717) is 11.3 Å². The summed E-state index contributed by atoms with van der Waals surface area (Å²) in [5, 5.41) is 0.778. The third kappa shape index (κ3) is 2.66. The predicted octanol–water partition coefficient (Wildman–Crippen LogP) is 3.06. The topological polar surface area (TPSA) is 32.8 Å². The van der Waals surface area contributed by atoms with Crippen molar-refractivity contribution < 1.29 is 9.53 Å². The summed E-state index contributed by atoms with van der Waals surface area (Å²) in [4.78, 5) is 16.8. The van der Waals surface area contributed by atoms with Crippen LogP contribution < -0.4 is 4.74 Å². The molecule has 2 aliphatic heterocycles. The Bertz CT molecular complexity index is 779. The Kier molecular flexibility index (Phi) is 3.94. The van der Waals surface area contributed by atoms with E-state index in [1.807, 2.05) is 60.5 Å². The summed E-state index contributed by atoms with van der Waals surface area (Å²) in [7, 11) is 1.87. The van der Waals surface area contributed by atoms with Gasteiger partial charge in [-0.25, -0.2) is 0 Å². The van der Waals surface area contributed by atoms with Gasteiger partial charge in [0.2, 0.25) is 0 Å². The summed E-state index contributed by atoms with van der Waals surface area (Å²) in [6, 6.07) is 15.4. The number of likely N-dealkylation sites (N-methyl/N-ethyl adjacent to an activating group) is 1. The van der Waals surface area contributed by atoms with Crippen LogP contribution in [-0.4, -0.2) is 48.0 Å². The highest BCUT2D eigenvalue weighted by Gasteiger charge is 2.42. The number of benzene rings is 2. The number of amides is 1. The van der Waals surface area contributed by atoms with E-state index in [4.69, 9.17) is 16.3 Å². The molecule has 124 valence electrons. The molecule has 0 N–H and O–H groups in total. The smallest absolute Gasteiger partial charge is 0.257 e. The van der Waals surface area contributed by atoms with Crippen LogP contribution in [0.5, 0.6) is 5.75 Å². The fraction of sp³-hybridized carbons (Fsp3) is 0.316. The van der Waals surface area contributed by atoms with Crippen molar-refractivity contribution >= 4 is 17.5 Å². The number of rotatable bonds is 2. The van der Waals surface area contributed by atoms with Crippen molar-refractivity contribution in [1.29, 1.82) is 0 Å². The van der Waals surface area contributed by atoms with E-state index in [2.05, 4.69) is 4.90 Å². The molecule has 0 bridgehead atoms. The molecule has 24 heavy (non-hydrogen) atoms. The number of halogens is 1. The minimum absolute atomic E-state index is 0.0231. The van der Waals surface area contributed by atoms with Gasteiger partial charge in [0.25, 0.3) is 5.91 Å². The minimum Gasteiger partial charge on any atom is -0.486 e. The molecule has 1 amide bonds. The number of hydrogen-bond acceptors (Lipinski definition) is 3. The van der Waals surface area contributed by atoms with Crippen molar-refractivity contribution in [2.24, 2.45) is 0 Å². The lowest BCUT2D eigenvalue weighted by atomic mass is 10.1. The average molecular weight is 343 g/mol. The van der Waals surface area contributed by atoms with Crippen molar-refractivity contribution in [3.63, 3.8) is 0 Å². The van der Waals surface area contributed by atoms with Gasteiger partial charge in [0.15, 0.2) is 0 Å². The van der Waals surface area contributed by atoms with Gasteiger partial charge in [-0.05, 0) is 23.8 Å². The van der Waals surface area contributed by atoms with E-state index in [-0.39, 0.29) is 18.1 Å². The molecule has 2 aromatic carbocycles. The first-order chi connectivity index (χ1) is 11.6. The first-order valence-electron chi connectivity index (χ1n) is 8.12. The first-order valence-corrected chi connectivity index (χ1v) is 8.50. The maximum absolute atomic E-state index is 12.7. The lowest BCUT2D eigenvalue weighted by Gasteiger charge is -2.25. The van der Waals surface area contributed by atoms with E-state index >= 15 is 0 Å². The van der Waals surface area contributed by atoms with Crippen LogP contribution in [0.2, 0.25) is 5.02 Å². The molecule has 2 aromatic rings. The third-order valence-electron chi connectivity index (χ3n) is 4.88. The molecule has 2 unspecified atom stereocenters. The van der Waals surface area contributed by atoms with Crippen LogP contribution in [0.25, 0.3) is 0 Å². The van der Waals surface area contributed by atoms with Crippen molar-refractivity contribution in [2.45, 2.75) is 18.7 Å². The van der Waals surface area contributed by atoms with Crippen molar-refractivity contribution in [1.82, 2.24) is 9.80 Å². The van der Waals surface area contributed by atoms with E-state index in [9.17, 15) is 4.79 Å². The van der Waals surface area contributed by atoms with Gasteiger partial charge in [-0.3, -0.25) is 9.69 Å². The fourth-order valence-electron chi connectivity index (χ4n) is 3.57. The lowest BCUT2D eigenvalue weighted by Crippen LogP contribution is -2.44. The molecule has 0 spiro atoms. The van der Waals surface area contributed by atoms with Crippen molar-refractivity contribution in [2.75, 3.05) is 20.1 Å². The lowest BCUT2D eigenvalue weighted by molar-refractivity contribution is 0.0682. The second-order valence-corrected chi connectivity index (χ2v) is 6.83. The molecular weight excluding hydrogens is 324 g/mol. The van der Waals surface area contributed by atoms with E-state index in [0.717, 1.165) is 30.2 Å². The monoisotopic (exact) mass is 342 g/mol. The van der Waals surface area contributed by atoms with E-state index in [1.165, 1.54) is 0 Å². The number of fused-ring (bicyclic) bond motifs is 2. The summed E-state index contributed by atoms with van der Waals surface area (Å²) >= 11 is 6.28. The van der Waals surface area contributed by atoms with Crippen molar-refractivity contribution in [3.8, 4) is 5.75 Å². The first kappa shape index (κ1) is 15.5. The number of carbonyl (C=O) groups is 1. The molecule has 4 nitrogen and oxygen atoms in total. The van der Waals surface area contributed by atoms with Gasteiger partial charge in [0.05, 0.1) is 11.6 Å². The molecule has 1 saturated heterocycles. The molecule has 1 fully saturated rings. The molecule has 0 radical (unpaired) electrons. The molecule has 0 aromatic heterocycles. The molecule has 5 heteroatoms. The largest absolute Gasteiger partial charge is 0.486 e. The number of likely N-dealkylation sites (tertiary alicyclic amines) is 1. The molecule has 2 aliphatic rings. The van der Waals surface area contributed by atoms with Crippen LogP contribution >= 0.6 is 11.6 Å². The molecule has 2 heterocycles. The van der Waals surface area contributed by atoms with Crippen LogP contribution in [0.3, 0.4) is 0 Å². The predicted molar refractivity (Wildman–Crippen MR) is 93.5 cm³/mol. The van der Waals surface area contributed by atoms with Crippen LogP contribution in [0.4, 0.5) is 0 Å². The Labute approximate surface area is 146 Å². The Morgan fingerprint density at radius 2 is 1.88 bits per heavy atom. The maximum Gasteiger partial charge on any atom is 0.257 e. The highest BCUT2D eigenvalue weighted by Crippen LogP contribution is 2.31. The fourth-order valence-corrected chi connectivity index (χ4v) is 3.76.